The topological polar surface area (TPSA) is 68.0 Å². The molecule has 21 heavy (non-hydrogen) atoms. The van der Waals surface area contributed by atoms with Gasteiger partial charge in [-0.05, 0) is 17.7 Å². The Morgan fingerprint density at radius 2 is 2.00 bits per heavy atom. The minimum atomic E-state index is -0.754. The van der Waals surface area contributed by atoms with Gasteiger partial charge in [0.1, 0.15) is 11.6 Å². The maximum absolute atomic E-state index is 12.3. The summed E-state index contributed by atoms with van der Waals surface area (Å²) in [6.07, 6.45) is 0. The summed E-state index contributed by atoms with van der Waals surface area (Å²) in [4.78, 5) is 16.6. The van der Waals surface area contributed by atoms with Gasteiger partial charge in [-0.25, -0.2) is 4.98 Å². The van der Waals surface area contributed by atoms with Crippen LogP contribution in [0.3, 0.4) is 0 Å². The molecule has 3 rings (SSSR count). The molecule has 2 aromatic carbocycles. The lowest BCUT2D eigenvalue weighted by Crippen LogP contribution is -2.27. The predicted molar refractivity (Wildman–Crippen MR) is 86.6 cm³/mol. The first kappa shape index (κ1) is 14.0. The molecule has 3 N–H and O–H groups in total. The Kier molecular flexibility index (Phi) is 3.88. The van der Waals surface area contributed by atoms with E-state index >= 15 is 0 Å². The summed E-state index contributed by atoms with van der Waals surface area (Å²) in [5.41, 5.74) is 9.63. The van der Waals surface area contributed by atoms with Gasteiger partial charge in [0.15, 0.2) is 0 Å². The molecule has 106 valence electrons. The van der Waals surface area contributed by atoms with Gasteiger partial charge in [0, 0.05) is 0 Å². The zero-order valence-electron chi connectivity index (χ0n) is 10.9. The Labute approximate surface area is 130 Å². The number of amides is 1. The molecule has 1 atom stereocenters. The van der Waals surface area contributed by atoms with E-state index < -0.39 is 6.04 Å². The molecule has 1 amide bonds. The van der Waals surface area contributed by atoms with Gasteiger partial charge in [-0.3, -0.25) is 4.79 Å². The lowest BCUT2D eigenvalue weighted by atomic mass is 10.1. The number of thiazole rings is 1. The SMILES string of the molecule is N[C@@H](C(=O)Nc1c(Cl)ccc2scnc12)c1ccccc1. The number of halogens is 1. The van der Waals surface area contributed by atoms with Gasteiger partial charge in [0.2, 0.25) is 5.91 Å². The maximum Gasteiger partial charge on any atom is 0.245 e. The second-order valence-electron chi connectivity index (χ2n) is 4.50. The molecule has 0 radical (unpaired) electrons. The highest BCUT2D eigenvalue weighted by atomic mass is 35.5. The zero-order chi connectivity index (χ0) is 14.8. The molecule has 0 fully saturated rings. The van der Waals surface area contributed by atoms with E-state index in [4.69, 9.17) is 17.3 Å². The molecule has 0 bridgehead atoms. The molecule has 1 heterocycles. The fourth-order valence-electron chi connectivity index (χ4n) is 2.04. The van der Waals surface area contributed by atoms with Gasteiger partial charge in [0.05, 0.1) is 20.9 Å². The monoisotopic (exact) mass is 317 g/mol. The summed E-state index contributed by atoms with van der Waals surface area (Å²) < 4.78 is 0.961. The second kappa shape index (κ2) is 5.81. The van der Waals surface area contributed by atoms with E-state index in [1.807, 2.05) is 36.4 Å². The maximum atomic E-state index is 12.3. The van der Waals surface area contributed by atoms with Crippen molar-refractivity contribution in [2.24, 2.45) is 5.73 Å². The lowest BCUT2D eigenvalue weighted by Gasteiger charge is -2.13. The van der Waals surface area contributed by atoms with Crippen molar-refractivity contribution >= 4 is 44.7 Å². The number of carbonyl (C=O) groups is 1. The van der Waals surface area contributed by atoms with E-state index in [-0.39, 0.29) is 5.91 Å². The van der Waals surface area contributed by atoms with Crippen LogP contribution in [0.15, 0.2) is 48.0 Å². The van der Waals surface area contributed by atoms with Crippen LogP contribution in [0.2, 0.25) is 5.02 Å². The molecule has 0 aliphatic carbocycles. The van der Waals surface area contributed by atoms with Gasteiger partial charge in [-0.2, -0.15) is 0 Å². The average Bonchev–Trinajstić information content (AvgIpc) is 2.99. The smallest absolute Gasteiger partial charge is 0.245 e. The van der Waals surface area contributed by atoms with Crippen LogP contribution in [0.1, 0.15) is 11.6 Å². The van der Waals surface area contributed by atoms with E-state index in [0.717, 1.165) is 10.3 Å². The van der Waals surface area contributed by atoms with Crippen molar-refractivity contribution in [2.45, 2.75) is 6.04 Å². The zero-order valence-corrected chi connectivity index (χ0v) is 12.5. The second-order valence-corrected chi connectivity index (χ2v) is 5.79. The molecule has 0 saturated heterocycles. The number of carbonyl (C=O) groups excluding carboxylic acids is 1. The van der Waals surface area contributed by atoms with Crippen LogP contribution in [0, 0.1) is 0 Å². The third-order valence-corrected chi connectivity index (χ3v) is 4.25. The summed E-state index contributed by atoms with van der Waals surface area (Å²) in [6.45, 7) is 0. The Morgan fingerprint density at radius 3 is 2.76 bits per heavy atom. The molecule has 0 saturated carbocycles. The van der Waals surface area contributed by atoms with Crippen molar-refractivity contribution in [1.29, 1.82) is 0 Å². The summed E-state index contributed by atoms with van der Waals surface area (Å²) in [6, 6.07) is 12.1. The van der Waals surface area contributed by atoms with E-state index in [1.165, 1.54) is 11.3 Å². The number of anilines is 1. The molecular weight excluding hydrogens is 306 g/mol. The highest BCUT2D eigenvalue weighted by molar-refractivity contribution is 7.16. The molecule has 6 heteroatoms. The number of hydrogen-bond acceptors (Lipinski definition) is 4. The highest BCUT2D eigenvalue weighted by Crippen LogP contribution is 2.32. The van der Waals surface area contributed by atoms with Crippen LogP contribution in [-0.2, 0) is 4.79 Å². The summed E-state index contributed by atoms with van der Waals surface area (Å²) >= 11 is 7.65. The molecular formula is C15H12ClN3OS. The van der Waals surface area contributed by atoms with E-state index in [1.54, 1.807) is 11.6 Å². The van der Waals surface area contributed by atoms with Crippen molar-refractivity contribution in [3.05, 3.63) is 58.6 Å². The number of nitrogens with zero attached hydrogens (tertiary/aromatic N) is 1. The largest absolute Gasteiger partial charge is 0.321 e. The number of hydrogen-bond donors (Lipinski definition) is 2. The first-order chi connectivity index (χ1) is 10.2. The molecule has 0 spiro atoms. The van der Waals surface area contributed by atoms with Crippen LogP contribution in [0.25, 0.3) is 10.2 Å². The molecule has 3 aromatic rings. The molecule has 4 nitrogen and oxygen atoms in total. The Hall–Kier alpha value is -1.95. The lowest BCUT2D eigenvalue weighted by molar-refractivity contribution is -0.117. The normalized spacial score (nSPS) is 12.3. The van der Waals surface area contributed by atoms with Crippen molar-refractivity contribution in [2.75, 3.05) is 5.32 Å². The quantitative estimate of drug-likeness (QED) is 0.775. The summed E-state index contributed by atoms with van der Waals surface area (Å²) in [5, 5.41) is 3.23. The minimum Gasteiger partial charge on any atom is -0.321 e. The Balaban J connectivity index is 1.90. The standard InChI is InChI=1S/C15H12ClN3OS/c16-10-6-7-11-14(18-8-21-11)13(10)19-15(20)12(17)9-4-2-1-3-5-9/h1-8,12H,17H2,(H,19,20)/t12-/m1/s1. The molecule has 0 aliphatic heterocycles. The molecule has 1 aromatic heterocycles. The van der Waals surface area contributed by atoms with Crippen molar-refractivity contribution in [1.82, 2.24) is 4.98 Å². The fourth-order valence-corrected chi connectivity index (χ4v) is 2.92. The Bertz CT molecular complexity index is 788. The predicted octanol–water partition coefficient (Wildman–Crippen LogP) is 3.59. The summed E-state index contributed by atoms with van der Waals surface area (Å²) in [7, 11) is 0. The average molecular weight is 318 g/mol. The van der Waals surface area contributed by atoms with Crippen molar-refractivity contribution in [3.8, 4) is 0 Å². The third kappa shape index (κ3) is 2.76. The molecule has 0 aliphatic rings. The van der Waals surface area contributed by atoms with Gasteiger partial charge >= 0.3 is 0 Å². The van der Waals surface area contributed by atoms with E-state index in [9.17, 15) is 4.79 Å². The number of fused-ring (bicyclic) bond motifs is 1. The van der Waals surface area contributed by atoms with Crippen LogP contribution >= 0.6 is 22.9 Å². The first-order valence-electron chi connectivity index (χ1n) is 6.30. The highest BCUT2D eigenvalue weighted by Gasteiger charge is 2.18. The fraction of sp³-hybridized carbons (Fsp3) is 0.0667. The van der Waals surface area contributed by atoms with Crippen LogP contribution in [0.4, 0.5) is 5.69 Å². The third-order valence-electron chi connectivity index (χ3n) is 3.14. The summed E-state index contributed by atoms with van der Waals surface area (Å²) in [5.74, 6) is -0.316. The van der Waals surface area contributed by atoms with Crippen LogP contribution < -0.4 is 11.1 Å². The van der Waals surface area contributed by atoms with E-state index in [2.05, 4.69) is 10.3 Å². The first-order valence-corrected chi connectivity index (χ1v) is 7.55. The number of rotatable bonds is 3. The number of aromatic nitrogens is 1. The van der Waals surface area contributed by atoms with Crippen molar-refractivity contribution < 1.29 is 4.79 Å². The van der Waals surface area contributed by atoms with Crippen LogP contribution in [0.5, 0.6) is 0 Å². The van der Waals surface area contributed by atoms with Gasteiger partial charge in [0.25, 0.3) is 0 Å². The Morgan fingerprint density at radius 1 is 1.24 bits per heavy atom. The number of nitrogens with two attached hydrogens (primary N) is 1. The van der Waals surface area contributed by atoms with Gasteiger partial charge < -0.3 is 11.1 Å². The van der Waals surface area contributed by atoms with Gasteiger partial charge in [-0.15, -0.1) is 11.3 Å². The number of nitrogens with one attached hydrogen (secondary N) is 1. The van der Waals surface area contributed by atoms with Gasteiger partial charge in [-0.1, -0.05) is 41.9 Å². The van der Waals surface area contributed by atoms with Crippen LogP contribution in [-0.4, -0.2) is 10.9 Å². The van der Waals surface area contributed by atoms with E-state index in [0.29, 0.717) is 16.2 Å². The van der Waals surface area contributed by atoms with Crippen molar-refractivity contribution in [3.63, 3.8) is 0 Å². The minimum absolute atomic E-state index is 0.316. The number of benzene rings is 2. The molecule has 0 unspecified atom stereocenters.